The Hall–Kier alpha value is -1.66. The Morgan fingerprint density at radius 2 is 1.72 bits per heavy atom. The fourth-order valence-corrected chi connectivity index (χ4v) is 9.63. The van der Waals surface area contributed by atoms with Crippen LogP contribution >= 0.6 is 0 Å². The van der Waals surface area contributed by atoms with Crippen molar-refractivity contribution in [2.75, 3.05) is 6.61 Å². The molecule has 3 fully saturated rings. The number of fused-ring (bicyclic) bond motifs is 5. The Morgan fingerprint density at radius 1 is 1.06 bits per heavy atom. The average molecular weight is 503 g/mol. The third kappa shape index (κ3) is 3.57. The molecule has 202 valence electrons. The molecule has 4 aliphatic carbocycles. The number of aliphatic hydroxyl groups excluding tert-OH is 2. The zero-order valence-corrected chi connectivity index (χ0v) is 22.8. The first kappa shape index (κ1) is 27.4. The lowest BCUT2D eigenvalue weighted by Crippen LogP contribution is -2.66. The standard InChI is InChI=1S/C30H46O6/c1-18(24(33)34)19-10-12-28(5)22(27(19,4)11-7-15-31)9-8-20-21-16-26(2,3)13-14-30(21,25(35)36)23(32)17-29(20,28)6/h8,19,21-23,31-32H,1,7,9-17H2,2-6H3,(H,33,34)(H,35,36)/t19?,21-,22+,23+,27-,28+,29+,30+/m0/s1. The van der Waals surface area contributed by atoms with Crippen molar-refractivity contribution in [1.29, 1.82) is 0 Å². The minimum atomic E-state index is -1.14. The van der Waals surface area contributed by atoms with Gasteiger partial charge in [-0.15, -0.1) is 0 Å². The maximum absolute atomic E-state index is 12.8. The van der Waals surface area contributed by atoms with Crippen LogP contribution in [0.5, 0.6) is 0 Å². The van der Waals surface area contributed by atoms with Gasteiger partial charge in [-0.3, -0.25) is 4.79 Å². The van der Waals surface area contributed by atoms with Crippen molar-refractivity contribution in [3.8, 4) is 0 Å². The highest BCUT2D eigenvalue weighted by Crippen LogP contribution is 2.74. The molecule has 0 saturated heterocycles. The van der Waals surface area contributed by atoms with E-state index in [9.17, 15) is 30.0 Å². The Labute approximate surface area is 215 Å². The molecule has 0 aromatic rings. The molecule has 4 aliphatic rings. The Bertz CT molecular complexity index is 982. The second-order valence-electron chi connectivity index (χ2n) is 13.9. The number of allylic oxidation sites excluding steroid dienone is 2. The molecule has 0 heterocycles. The summed E-state index contributed by atoms with van der Waals surface area (Å²) in [6.45, 7) is 15.2. The number of aliphatic hydroxyl groups is 2. The summed E-state index contributed by atoms with van der Waals surface area (Å²) in [4.78, 5) is 24.8. The lowest BCUT2D eigenvalue weighted by molar-refractivity contribution is -0.196. The van der Waals surface area contributed by atoms with Crippen molar-refractivity contribution >= 4 is 11.9 Å². The number of rotatable bonds is 6. The predicted molar refractivity (Wildman–Crippen MR) is 138 cm³/mol. The molecular weight excluding hydrogens is 456 g/mol. The summed E-state index contributed by atoms with van der Waals surface area (Å²) in [7, 11) is 0. The van der Waals surface area contributed by atoms with Crippen LogP contribution in [0.1, 0.15) is 92.4 Å². The van der Waals surface area contributed by atoms with Crippen molar-refractivity contribution in [3.63, 3.8) is 0 Å². The zero-order valence-electron chi connectivity index (χ0n) is 22.8. The van der Waals surface area contributed by atoms with Crippen LogP contribution in [-0.2, 0) is 9.59 Å². The van der Waals surface area contributed by atoms with Crippen LogP contribution in [0.25, 0.3) is 0 Å². The molecule has 0 bridgehead atoms. The molecule has 0 amide bonds. The monoisotopic (exact) mass is 502 g/mol. The van der Waals surface area contributed by atoms with Gasteiger partial charge in [-0.25, -0.2) is 4.79 Å². The van der Waals surface area contributed by atoms with Gasteiger partial charge in [0.15, 0.2) is 0 Å². The summed E-state index contributed by atoms with van der Waals surface area (Å²) in [6, 6.07) is 0. The van der Waals surface area contributed by atoms with Gasteiger partial charge in [0.1, 0.15) is 5.41 Å². The van der Waals surface area contributed by atoms with Crippen molar-refractivity contribution in [1.82, 2.24) is 0 Å². The number of carbonyl (C=O) groups is 2. The minimum absolute atomic E-state index is 0.00666. The summed E-state index contributed by atoms with van der Waals surface area (Å²) in [6.07, 6.45) is 7.36. The first-order valence-corrected chi connectivity index (χ1v) is 13.8. The zero-order chi connectivity index (χ0) is 26.9. The van der Waals surface area contributed by atoms with Crippen LogP contribution in [0.3, 0.4) is 0 Å². The molecule has 0 radical (unpaired) electrons. The summed E-state index contributed by atoms with van der Waals surface area (Å²) in [5.41, 5.74) is -0.659. The number of aliphatic carboxylic acids is 2. The first-order chi connectivity index (χ1) is 16.6. The van der Waals surface area contributed by atoms with E-state index in [0.717, 1.165) is 25.7 Å². The van der Waals surface area contributed by atoms with E-state index in [1.807, 2.05) is 0 Å². The van der Waals surface area contributed by atoms with Crippen LogP contribution in [0, 0.1) is 44.8 Å². The van der Waals surface area contributed by atoms with Gasteiger partial charge in [0.25, 0.3) is 0 Å². The third-order valence-electron chi connectivity index (χ3n) is 11.9. The Morgan fingerprint density at radius 3 is 2.31 bits per heavy atom. The normalized spacial score (nSPS) is 45.5. The fourth-order valence-electron chi connectivity index (χ4n) is 9.63. The number of hydrogen-bond donors (Lipinski definition) is 4. The van der Waals surface area contributed by atoms with Crippen LogP contribution in [-0.4, -0.2) is 45.1 Å². The molecule has 4 N–H and O–H groups in total. The summed E-state index contributed by atoms with van der Waals surface area (Å²) < 4.78 is 0. The van der Waals surface area contributed by atoms with Gasteiger partial charge >= 0.3 is 11.9 Å². The predicted octanol–water partition coefficient (Wildman–Crippen LogP) is 5.44. The highest BCUT2D eigenvalue weighted by Gasteiger charge is 2.70. The van der Waals surface area contributed by atoms with Gasteiger partial charge in [0, 0.05) is 12.2 Å². The molecule has 36 heavy (non-hydrogen) atoms. The van der Waals surface area contributed by atoms with E-state index in [1.54, 1.807) is 0 Å². The average Bonchev–Trinajstić information content (AvgIpc) is 2.77. The molecule has 1 unspecified atom stereocenters. The van der Waals surface area contributed by atoms with Gasteiger partial charge in [-0.2, -0.15) is 0 Å². The molecule has 6 heteroatoms. The van der Waals surface area contributed by atoms with Crippen LogP contribution in [0.15, 0.2) is 23.8 Å². The van der Waals surface area contributed by atoms with Crippen molar-refractivity contribution < 1.29 is 30.0 Å². The lowest BCUT2D eigenvalue weighted by Gasteiger charge is -2.69. The molecule has 8 atom stereocenters. The van der Waals surface area contributed by atoms with Gasteiger partial charge in [-0.1, -0.05) is 52.8 Å². The Balaban J connectivity index is 1.86. The quantitative estimate of drug-likeness (QED) is 0.284. The SMILES string of the molecule is C=C(C(=O)O)C1CC[C@]2(C)[C@H](CC=C3[C@@H]4CC(C)(C)CC[C@]4(C(=O)O)[C@H](O)C[C@]32C)[C@@]1(C)CCCO. The van der Waals surface area contributed by atoms with E-state index >= 15 is 0 Å². The van der Waals surface area contributed by atoms with Gasteiger partial charge < -0.3 is 20.4 Å². The molecule has 0 aromatic carbocycles. The summed E-state index contributed by atoms with van der Waals surface area (Å²) in [5.74, 6) is -2.08. The van der Waals surface area contributed by atoms with Gasteiger partial charge in [-0.05, 0) is 97.2 Å². The fraction of sp³-hybridized carbons (Fsp3) is 0.800. The maximum Gasteiger partial charge on any atom is 0.331 e. The highest BCUT2D eigenvalue weighted by atomic mass is 16.4. The second kappa shape index (κ2) is 8.69. The summed E-state index contributed by atoms with van der Waals surface area (Å²) in [5, 5.41) is 41.7. The van der Waals surface area contributed by atoms with E-state index in [-0.39, 0.29) is 51.6 Å². The second-order valence-corrected chi connectivity index (χ2v) is 13.9. The highest BCUT2D eigenvalue weighted by molar-refractivity contribution is 5.86. The topological polar surface area (TPSA) is 115 Å². The Kier molecular flexibility index (Phi) is 6.61. The summed E-state index contributed by atoms with van der Waals surface area (Å²) >= 11 is 0. The minimum Gasteiger partial charge on any atom is -0.481 e. The molecule has 0 aromatic heterocycles. The molecular formula is C30H46O6. The van der Waals surface area contributed by atoms with Gasteiger partial charge in [0.2, 0.25) is 0 Å². The molecule has 6 nitrogen and oxygen atoms in total. The largest absolute Gasteiger partial charge is 0.481 e. The lowest BCUT2D eigenvalue weighted by atomic mass is 9.35. The van der Waals surface area contributed by atoms with Crippen LogP contribution in [0.2, 0.25) is 0 Å². The molecule has 4 rings (SSSR count). The first-order valence-electron chi connectivity index (χ1n) is 13.8. The van der Waals surface area contributed by atoms with E-state index in [2.05, 4.69) is 47.3 Å². The maximum atomic E-state index is 12.8. The van der Waals surface area contributed by atoms with Crippen molar-refractivity contribution in [3.05, 3.63) is 23.8 Å². The van der Waals surface area contributed by atoms with Crippen LogP contribution < -0.4 is 0 Å². The number of carboxylic acids is 2. The van der Waals surface area contributed by atoms with Crippen molar-refractivity contribution in [2.45, 2.75) is 98.5 Å². The van der Waals surface area contributed by atoms with Crippen LogP contribution in [0.4, 0.5) is 0 Å². The van der Waals surface area contributed by atoms with E-state index in [1.165, 1.54) is 5.57 Å². The van der Waals surface area contributed by atoms with Gasteiger partial charge in [0.05, 0.1) is 6.10 Å². The van der Waals surface area contributed by atoms with E-state index < -0.39 is 23.5 Å². The number of carboxylic acid groups (broad SMARTS) is 2. The van der Waals surface area contributed by atoms with Crippen molar-refractivity contribution in [2.24, 2.45) is 44.8 Å². The smallest absolute Gasteiger partial charge is 0.331 e. The molecule has 0 aliphatic heterocycles. The molecule has 3 saturated carbocycles. The third-order valence-corrected chi connectivity index (χ3v) is 11.9. The van der Waals surface area contributed by atoms with E-state index in [0.29, 0.717) is 32.1 Å². The van der Waals surface area contributed by atoms with E-state index in [4.69, 9.17) is 0 Å². The number of hydrogen-bond acceptors (Lipinski definition) is 4. The molecule has 0 spiro atoms.